The molecule has 0 spiro atoms. The van der Waals surface area contributed by atoms with Crippen LogP contribution in [0, 0.1) is 11.3 Å². The van der Waals surface area contributed by atoms with Gasteiger partial charge in [0.15, 0.2) is 0 Å². The third-order valence-corrected chi connectivity index (χ3v) is 3.74. The van der Waals surface area contributed by atoms with Gasteiger partial charge in [0.25, 0.3) is 0 Å². The Bertz CT molecular complexity index is 768. The van der Waals surface area contributed by atoms with Gasteiger partial charge >= 0.3 is 0 Å². The van der Waals surface area contributed by atoms with Gasteiger partial charge in [0.05, 0.1) is 5.92 Å². The number of nitrogens with two attached hydrogens (primary N) is 1. The van der Waals surface area contributed by atoms with Crippen molar-refractivity contribution in [2.75, 3.05) is 0 Å². The van der Waals surface area contributed by atoms with Crippen LogP contribution >= 0.6 is 0 Å². The molecule has 6 nitrogen and oxygen atoms in total. The summed E-state index contributed by atoms with van der Waals surface area (Å²) in [5.74, 6) is 0.322. The van der Waals surface area contributed by atoms with E-state index < -0.39 is 0 Å². The number of nitrogens with one attached hydrogen (secondary N) is 1. The number of aromatic amines is 1. The lowest BCUT2D eigenvalue weighted by Crippen LogP contribution is -2.21. The largest absolute Gasteiger partial charge is 0.508 e. The van der Waals surface area contributed by atoms with E-state index >= 15 is 0 Å². The van der Waals surface area contributed by atoms with Gasteiger partial charge in [0, 0.05) is 11.3 Å². The standard InChI is InChI=1S/C16H16N4O2/c1-2-3-12-14-13(9-4-6-10(21)7-5-9)11(8-17)15(18)22-16(14)20-19-12/h4-7,13,21H,2-3,18H2,1H3,(H,19,20)/t13-/m1/s1. The van der Waals surface area contributed by atoms with Gasteiger partial charge in [-0.25, -0.2) is 0 Å². The monoisotopic (exact) mass is 296 g/mol. The second kappa shape index (κ2) is 5.45. The first-order valence-electron chi connectivity index (χ1n) is 7.09. The Morgan fingerprint density at radius 3 is 2.77 bits per heavy atom. The Kier molecular flexibility index (Phi) is 3.47. The first-order valence-corrected chi connectivity index (χ1v) is 7.09. The van der Waals surface area contributed by atoms with Gasteiger partial charge in [-0.3, -0.25) is 5.10 Å². The minimum absolute atomic E-state index is 0.0719. The van der Waals surface area contributed by atoms with E-state index in [2.05, 4.69) is 23.2 Å². The Morgan fingerprint density at radius 2 is 2.14 bits per heavy atom. The average molecular weight is 296 g/mol. The summed E-state index contributed by atoms with van der Waals surface area (Å²) in [5, 5.41) is 26.1. The predicted molar refractivity (Wildman–Crippen MR) is 80.0 cm³/mol. The summed E-state index contributed by atoms with van der Waals surface area (Å²) < 4.78 is 5.48. The van der Waals surface area contributed by atoms with Crippen LogP contribution in [0.1, 0.15) is 36.1 Å². The maximum absolute atomic E-state index is 9.48. The van der Waals surface area contributed by atoms with Crippen molar-refractivity contribution in [3.8, 4) is 17.7 Å². The molecule has 6 heteroatoms. The maximum atomic E-state index is 9.48. The molecule has 0 amide bonds. The molecular formula is C16H16N4O2. The summed E-state index contributed by atoms with van der Waals surface area (Å²) in [6, 6.07) is 8.89. The van der Waals surface area contributed by atoms with E-state index in [1.165, 1.54) is 0 Å². The van der Waals surface area contributed by atoms with Crippen LogP contribution < -0.4 is 10.5 Å². The molecule has 3 rings (SSSR count). The Labute approximate surface area is 127 Å². The molecule has 0 fully saturated rings. The minimum Gasteiger partial charge on any atom is -0.508 e. The SMILES string of the molecule is CCCc1[nH]nc2c1[C@H](c1ccc(O)cc1)C(C#N)=C(N)O2. The van der Waals surface area contributed by atoms with E-state index in [4.69, 9.17) is 10.5 Å². The smallest absolute Gasteiger partial charge is 0.244 e. The van der Waals surface area contributed by atoms with E-state index in [0.29, 0.717) is 11.5 Å². The number of phenolic OH excluding ortho intramolecular Hbond substituents is 1. The van der Waals surface area contributed by atoms with Crippen molar-refractivity contribution in [2.24, 2.45) is 5.73 Å². The van der Waals surface area contributed by atoms with Crippen molar-refractivity contribution in [3.63, 3.8) is 0 Å². The number of aromatic hydroxyl groups is 1. The Hall–Kier alpha value is -2.94. The van der Waals surface area contributed by atoms with Gasteiger partial charge in [-0.1, -0.05) is 25.5 Å². The predicted octanol–water partition coefficient (Wildman–Crippen LogP) is 2.29. The number of hydrogen-bond acceptors (Lipinski definition) is 5. The zero-order valence-electron chi connectivity index (χ0n) is 12.1. The molecule has 22 heavy (non-hydrogen) atoms. The number of nitrogens with zero attached hydrogens (tertiary/aromatic N) is 2. The first kappa shape index (κ1) is 14.0. The molecule has 0 unspecified atom stereocenters. The van der Waals surface area contributed by atoms with Crippen molar-refractivity contribution in [2.45, 2.75) is 25.7 Å². The molecule has 1 aromatic carbocycles. The number of aryl methyl sites for hydroxylation is 1. The van der Waals surface area contributed by atoms with Crippen LogP contribution in [0.2, 0.25) is 0 Å². The van der Waals surface area contributed by atoms with Crippen LogP contribution in [0.15, 0.2) is 35.7 Å². The van der Waals surface area contributed by atoms with Crippen molar-refractivity contribution in [1.82, 2.24) is 10.2 Å². The van der Waals surface area contributed by atoms with Gasteiger partial charge in [-0.2, -0.15) is 5.26 Å². The quantitative estimate of drug-likeness (QED) is 0.805. The maximum Gasteiger partial charge on any atom is 0.244 e. The normalized spacial score (nSPS) is 16.8. The van der Waals surface area contributed by atoms with Crippen LogP contribution in [-0.4, -0.2) is 15.3 Å². The molecule has 2 aromatic rings. The molecule has 0 saturated carbocycles. The second-order valence-corrected chi connectivity index (χ2v) is 5.19. The van der Waals surface area contributed by atoms with Gasteiger partial charge in [-0.05, 0) is 24.1 Å². The molecule has 0 radical (unpaired) electrons. The van der Waals surface area contributed by atoms with Crippen LogP contribution in [-0.2, 0) is 6.42 Å². The van der Waals surface area contributed by atoms with Crippen molar-refractivity contribution in [1.29, 1.82) is 5.26 Å². The molecule has 1 atom stereocenters. The van der Waals surface area contributed by atoms with Gasteiger partial charge in [0.1, 0.15) is 17.4 Å². The number of aromatic nitrogens is 2. The highest BCUT2D eigenvalue weighted by atomic mass is 16.5. The Morgan fingerprint density at radius 1 is 1.41 bits per heavy atom. The summed E-state index contributed by atoms with van der Waals surface area (Å²) in [6.45, 7) is 2.07. The number of fused-ring (bicyclic) bond motifs is 1. The highest BCUT2D eigenvalue weighted by molar-refractivity contribution is 5.55. The van der Waals surface area contributed by atoms with Gasteiger partial charge in [-0.15, -0.1) is 5.10 Å². The number of allylic oxidation sites excluding steroid dienone is 1. The number of phenols is 1. The van der Waals surface area contributed by atoms with Crippen LogP contribution in [0.3, 0.4) is 0 Å². The first-order chi connectivity index (χ1) is 10.7. The fourth-order valence-corrected chi connectivity index (χ4v) is 2.75. The zero-order chi connectivity index (χ0) is 15.7. The summed E-state index contributed by atoms with van der Waals surface area (Å²) in [4.78, 5) is 0. The van der Waals surface area contributed by atoms with E-state index in [0.717, 1.165) is 29.7 Å². The van der Waals surface area contributed by atoms with Crippen LogP contribution in [0.4, 0.5) is 0 Å². The topological polar surface area (TPSA) is 108 Å². The van der Waals surface area contributed by atoms with E-state index in [1.807, 2.05) is 0 Å². The Balaban J connectivity index is 2.19. The molecular weight excluding hydrogens is 280 g/mol. The van der Waals surface area contributed by atoms with E-state index in [1.54, 1.807) is 24.3 Å². The molecule has 0 saturated heterocycles. The third-order valence-electron chi connectivity index (χ3n) is 3.74. The van der Waals surface area contributed by atoms with Gasteiger partial charge < -0.3 is 15.6 Å². The lowest BCUT2D eigenvalue weighted by atomic mass is 9.83. The lowest BCUT2D eigenvalue weighted by molar-refractivity contribution is 0.378. The summed E-state index contributed by atoms with van der Waals surface area (Å²) in [7, 11) is 0. The molecule has 0 bridgehead atoms. The molecule has 1 aromatic heterocycles. The van der Waals surface area contributed by atoms with Crippen LogP contribution in [0.5, 0.6) is 11.6 Å². The molecule has 112 valence electrons. The minimum atomic E-state index is -0.338. The molecule has 2 heterocycles. The number of hydrogen-bond donors (Lipinski definition) is 3. The molecule has 1 aliphatic rings. The lowest BCUT2D eigenvalue weighted by Gasteiger charge is -2.24. The highest BCUT2D eigenvalue weighted by Gasteiger charge is 2.34. The van der Waals surface area contributed by atoms with Crippen molar-refractivity contribution in [3.05, 3.63) is 52.5 Å². The molecule has 1 aliphatic heterocycles. The number of nitriles is 1. The number of ether oxygens (including phenoxy) is 1. The van der Waals surface area contributed by atoms with E-state index in [-0.39, 0.29) is 17.6 Å². The number of H-pyrrole nitrogens is 1. The molecule has 0 aliphatic carbocycles. The highest BCUT2D eigenvalue weighted by Crippen LogP contribution is 2.43. The third kappa shape index (κ3) is 2.17. The van der Waals surface area contributed by atoms with Crippen molar-refractivity contribution >= 4 is 0 Å². The average Bonchev–Trinajstić information content (AvgIpc) is 2.90. The summed E-state index contributed by atoms with van der Waals surface area (Å²) >= 11 is 0. The second-order valence-electron chi connectivity index (χ2n) is 5.19. The zero-order valence-corrected chi connectivity index (χ0v) is 12.1. The van der Waals surface area contributed by atoms with Crippen LogP contribution in [0.25, 0.3) is 0 Å². The fourth-order valence-electron chi connectivity index (χ4n) is 2.75. The molecule has 4 N–H and O–H groups in total. The van der Waals surface area contributed by atoms with Gasteiger partial charge in [0.2, 0.25) is 11.8 Å². The summed E-state index contributed by atoms with van der Waals surface area (Å²) in [6.07, 6.45) is 1.75. The fraction of sp³-hybridized carbons (Fsp3) is 0.250. The number of rotatable bonds is 3. The summed E-state index contributed by atoms with van der Waals surface area (Å²) in [5.41, 5.74) is 8.88. The van der Waals surface area contributed by atoms with Crippen molar-refractivity contribution < 1.29 is 9.84 Å². The number of benzene rings is 1. The van der Waals surface area contributed by atoms with E-state index in [9.17, 15) is 10.4 Å².